The molecule has 2 heterocycles. The standard InChI is InChI=1S/C24H31FN4O/c1-27-13-15-28(16-14-27)23-12-7-19(17-26-23)18-29(22-10-8-21(25)9-11-22)24(30)20-5-3-2-4-6-20/h7-12,17,20H,2-6,13-16,18H2,1H3. The number of likely N-dealkylation sites (N-methyl/N-ethyl adjacent to an activating group) is 1. The van der Waals surface area contributed by atoms with Crippen LogP contribution in [-0.4, -0.2) is 49.0 Å². The first kappa shape index (κ1) is 20.8. The molecular formula is C24H31FN4O. The molecule has 0 N–H and O–H groups in total. The average Bonchev–Trinajstić information content (AvgIpc) is 2.79. The fourth-order valence-electron chi connectivity index (χ4n) is 4.40. The molecule has 1 saturated heterocycles. The number of hydrogen-bond acceptors (Lipinski definition) is 4. The van der Waals surface area contributed by atoms with Crippen molar-refractivity contribution in [2.24, 2.45) is 5.92 Å². The molecule has 1 aliphatic heterocycles. The predicted octanol–water partition coefficient (Wildman–Crippen LogP) is 4.09. The Morgan fingerprint density at radius 2 is 1.73 bits per heavy atom. The van der Waals surface area contributed by atoms with E-state index in [9.17, 15) is 9.18 Å². The van der Waals surface area contributed by atoms with Crippen molar-refractivity contribution in [3.8, 4) is 0 Å². The Bertz CT molecular complexity index is 825. The fourth-order valence-corrected chi connectivity index (χ4v) is 4.40. The zero-order valence-corrected chi connectivity index (χ0v) is 17.8. The highest BCUT2D eigenvalue weighted by Crippen LogP contribution is 2.29. The molecule has 2 fully saturated rings. The van der Waals surface area contributed by atoms with Crippen LogP contribution >= 0.6 is 0 Å². The first-order valence-corrected chi connectivity index (χ1v) is 11.1. The average molecular weight is 411 g/mol. The third kappa shape index (κ3) is 4.98. The minimum absolute atomic E-state index is 0.0568. The quantitative estimate of drug-likeness (QED) is 0.745. The maximum atomic E-state index is 13.5. The number of rotatable bonds is 5. The summed E-state index contributed by atoms with van der Waals surface area (Å²) in [6.45, 7) is 4.49. The van der Waals surface area contributed by atoms with Crippen molar-refractivity contribution in [3.63, 3.8) is 0 Å². The molecule has 4 rings (SSSR count). The molecule has 1 saturated carbocycles. The molecule has 0 spiro atoms. The van der Waals surface area contributed by atoms with Gasteiger partial charge in [-0.25, -0.2) is 9.37 Å². The monoisotopic (exact) mass is 410 g/mol. The predicted molar refractivity (Wildman–Crippen MR) is 118 cm³/mol. The number of halogens is 1. The Morgan fingerprint density at radius 1 is 1.03 bits per heavy atom. The molecule has 1 aromatic heterocycles. The van der Waals surface area contributed by atoms with Crippen LogP contribution in [0.15, 0.2) is 42.6 Å². The molecular weight excluding hydrogens is 379 g/mol. The number of nitrogens with zero attached hydrogens (tertiary/aromatic N) is 4. The van der Waals surface area contributed by atoms with Gasteiger partial charge in [-0.3, -0.25) is 4.79 Å². The van der Waals surface area contributed by atoms with Crippen LogP contribution < -0.4 is 9.80 Å². The van der Waals surface area contributed by atoms with E-state index in [2.05, 4.69) is 34.0 Å². The van der Waals surface area contributed by atoms with Crippen LogP contribution in [0.2, 0.25) is 0 Å². The van der Waals surface area contributed by atoms with E-state index < -0.39 is 0 Å². The van der Waals surface area contributed by atoms with E-state index in [1.807, 2.05) is 11.1 Å². The van der Waals surface area contributed by atoms with Crippen LogP contribution in [-0.2, 0) is 11.3 Å². The summed E-state index contributed by atoms with van der Waals surface area (Å²) < 4.78 is 13.5. The number of piperazine rings is 1. The molecule has 30 heavy (non-hydrogen) atoms. The van der Waals surface area contributed by atoms with Crippen LogP contribution in [0.5, 0.6) is 0 Å². The van der Waals surface area contributed by atoms with Crippen LogP contribution in [0.4, 0.5) is 15.9 Å². The molecule has 0 bridgehead atoms. The molecule has 1 aliphatic carbocycles. The van der Waals surface area contributed by atoms with Crippen molar-refractivity contribution in [1.82, 2.24) is 9.88 Å². The van der Waals surface area contributed by atoms with E-state index in [0.29, 0.717) is 6.54 Å². The smallest absolute Gasteiger partial charge is 0.230 e. The van der Waals surface area contributed by atoms with E-state index in [4.69, 9.17) is 0 Å². The summed E-state index contributed by atoms with van der Waals surface area (Å²) in [6.07, 6.45) is 7.18. The Labute approximate surface area is 178 Å². The Morgan fingerprint density at radius 3 is 2.37 bits per heavy atom. The number of pyridine rings is 1. The van der Waals surface area contributed by atoms with Gasteiger partial charge in [0.15, 0.2) is 0 Å². The van der Waals surface area contributed by atoms with Gasteiger partial charge in [0, 0.05) is 44.0 Å². The van der Waals surface area contributed by atoms with E-state index >= 15 is 0 Å². The van der Waals surface area contributed by atoms with Crippen LogP contribution in [0.1, 0.15) is 37.7 Å². The lowest BCUT2D eigenvalue weighted by atomic mass is 9.88. The normalized spacial score (nSPS) is 18.4. The van der Waals surface area contributed by atoms with E-state index in [1.54, 1.807) is 12.1 Å². The maximum Gasteiger partial charge on any atom is 0.230 e. The number of anilines is 2. The van der Waals surface area contributed by atoms with Crippen LogP contribution in [0.3, 0.4) is 0 Å². The van der Waals surface area contributed by atoms with Gasteiger partial charge in [-0.1, -0.05) is 25.3 Å². The van der Waals surface area contributed by atoms with Gasteiger partial charge < -0.3 is 14.7 Å². The summed E-state index contributed by atoms with van der Waals surface area (Å²) >= 11 is 0. The molecule has 6 heteroatoms. The number of benzene rings is 1. The lowest BCUT2D eigenvalue weighted by Crippen LogP contribution is -2.44. The van der Waals surface area contributed by atoms with Crippen LogP contribution in [0, 0.1) is 11.7 Å². The summed E-state index contributed by atoms with van der Waals surface area (Å²) in [5, 5.41) is 0. The summed E-state index contributed by atoms with van der Waals surface area (Å²) in [5.41, 5.74) is 1.73. The highest BCUT2D eigenvalue weighted by molar-refractivity contribution is 5.95. The van der Waals surface area contributed by atoms with Crippen molar-refractivity contribution in [2.75, 3.05) is 43.0 Å². The second kappa shape index (κ2) is 9.56. The van der Waals surface area contributed by atoms with Gasteiger partial charge in [-0.05, 0) is 55.8 Å². The molecule has 160 valence electrons. The SMILES string of the molecule is CN1CCN(c2ccc(CN(C(=O)C3CCCCC3)c3ccc(F)cc3)cn2)CC1. The topological polar surface area (TPSA) is 39.7 Å². The van der Waals surface area contributed by atoms with Crippen molar-refractivity contribution < 1.29 is 9.18 Å². The lowest BCUT2D eigenvalue weighted by Gasteiger charge is -2.33. The molecule has 0 unspecified atom stereocenters. The van der Waals surface area contributed by atoms with Crippen LogP contribution in [0.25, 0.3) is 0 Å². The number of amides is 1. The number of aromatic nitrogens is 1. The minimum atomic E-state index is -0.290. The van der Waals surface area contributed by atoms with E-state index in [0.717, 1.165) is 68.9 Å². The summed E-state index contributed by atoms with van der Waals surface area (Å²) in [7, 11) is 2.14. The van der Waals surface area contributed by atoms with Gasteiger partial charge in [0.1, 0.15) is 11.6 Å². The summed E-state index contributed by atoms with van der Waals surface area (Å²) in [4.78, 5) is 24.4. The largest absolute Gasteiger partial charge is 0.354 e. The van der Waals surface area contributed by atoms with Gasteiger partial charge in [0.05, 0.1) is 6.54 Å². The van der Waals surface area contributed by atoms with Gasteiger partial charge in [0.25, 0.3) is 0 Å². The molecule has 0 atom stereocenters. The molecule has 1 aromatic carbocycles. The van der Waals surface area contributed by atoms with Crippen molar-refractivity contribution in [2.45, 2.75) is 38.6 Å². The third-order valence-electron chi connectivity index (χ3n) is 6.34. The number of carbonyl (C=O) groups excluding carboxylic acids is 1. The van der Waals surface area contributed by atoms with E-state index in [-0.39, 0.29) is 17.6 Å². The summed E-state index contributed by atoms with van der Waals surface area (Å²) in [6, 6.07) is 10.3. The van der Waals surface area contributed by atoms with Gasteiger partial charge >= 0.3 is 0 Å². The lowest BCUT2D eigenvalue weighted by molar-refractivity contribution is -0.123. The van der Waals surface area contributed by atoms with Crippen molar-refractivity contribution in [1.29, 1.82) is 0 Å². The summed E-state index contributed by atoms with van der Waals surface area (Å²) in [5.74, 6) is 0.895. The highest BCUT2D eigenvalue weighted by atomic mass is 19.1. The van der Waals surface area contributed by atoms with Gasteiger partial charge in [-0.2, -0.15) is 0 Å². The zero-order chi connectivity index (χ0) is 20.9. The first-order chi connectivity index (χ1) is 14.6. The Kier molecular flexibility index (Phi) is 6.62. The fraction of sp³-hybridized carbons (Fsp3) is 0.500. The highest BCUT2D eigenvalue weighted by Gasteiger charge is 2.27. The molecule has 1 amide bonds. The van der Waals surface area contributed by atoms with Crippen molar-refractivity contribution >= 4 is 17.4 Å². The number of carbonyl (C=O) groups is 1. The Balaban J connectivity index is 1.50. The van der Waals surface area contributed by atoms with Gasteiger partial charge in [0.2, 0.25) is 5.91 Å². The third-order valence-corrected chi connectivity index (χ3v) is 6.34. The molecule has 2 aromatic rings. The van der Waals surface area contributed by atoms with E-state index in [1.165, 1.54) is 18.6 Å². The Hall–Kier alpha value is -2.47. The second-order valence-electron chi connectivity index (χ2n) is 8.55. The van der Waals surface area contributed by atoms with Gasteiger partial charge in [-0.15, -0.1) is 0 Å². The molecule has 5 nitrogen and oxygen atoms in total. The second-order valence-corrected chi connectivity index (χ2v) is 8.55. The van der Waals surface area contributed by atoms with Crippen molar-refractivity contribution in [3.05, 3.63) is 54.0 Å². The molecule has 2 aliphatic rings. The first-order valence-electron chi connectivity index (χ1n) is 11.1. The molecule has 0 radical (unpaired) electrons. The minimum Gasteiger partial charge on any atom is -0.354 e. The maximum absolute atomic E-state index is 13.5. The number of hydrogen-bond donors (Lipinski definition) is 0. The zero-order valence-electron chi connectivity index (χ0n) is 17.8.